The molecule has 0 saturated carbocycles. The van der Waals surface area contributed by atoms with Crippen molar-refractivity contribution in [3.63, 3.8) is 0 Å². The summed E-state index contributed by atoms with van der Waals surface area (Å²) >= 11 is 0. The first-order valence-corrected chi connectivity index (χ1v) is 6.63. The highest BCUT2D eigenvalue weighted by Gasteiger charge is 2.16. The molecule has 0 radical (unpaired) electrons. The van der Waals surface area contributed by atoms with Crippen LogP contribution in [0, 0.1) is 0 Å². The summed E-state index contributed by atoms with van der Waals surface area (Å²) in [7, 11) is 1.68. The van der Waals surface area contributed by atoms with Gasteiger partial charge >= 0.3 is 0 Å². The van der Waals surface area contributed by atoms with E-state index in [1.807, 2.05) is 40.7 Å². The average molecular weight is 254 g/mol. The van der Waals surface area contributed by atoms with Crippen LogP contribution in [0.3, 0.4) is 0 Å². The molecule has 0 fully saturated rings. The normalized spacial score (nSPS) is 12.1. The molecule has 0 aliphatic heterocycles. The topological polar surface area (TPSA) is 18.5 Å². The molecule has 0 heterocycles. The van der Waals surface area contributed by atoms with Gasteiger partial charge in [-0.25, -0.2) is 0 Å². The third-order valence-corrected chi connectivity index (χ3v) is 2.16. The third-order valence-electron chi connectivity index (χ3n) is 2.16. The van der Waals surface area contributed by atoms with E-state index >= 15 is 0 Å². The summed E-state index contributed by atoms with van der Waals surface area (Å²) in [4.78, 5) is 0. The van der Waals surface area contributed by atoms with Crippen LogP contribution in [0.5, 0.6) is 0 Å². The molecule has 2 heteroatoms. The predicted molar refractivity (Wildman–Crippen MR) is 80.7 cm³/mol. The Bertz CT molecular complexity index is 273. The lowest BCUT2D eigenvalue weighted by Gasteiger charge is -2.23. The third kappa shape index (κ3) is 11.5. The fourth-order valence-corrected chi connectivity index (χ4v) is 0.973. The van der Waals surface area contributed by atoms with Crippen LogP contribution in [-0.4, -0.2) is 19.3 Å². The molecule has 0 saturated heterocycles. The highest BCUT2D eigenvalue weighted by Crippen LogP contribution is 2.11. The standard InChI is InChI=1S/C14H24O2.C2H6/c1-7-8-9-12(2)10-13(3)16-11-14(4,5)15-6;1-2/h8-10H,3,7,11H2,1-2,4-6H3;1-2H3/b9-8-,12-10-;. The zero-order valence-electron chi connectivity index (χ0n) is 13.2. The minimum atomic E-state index is -0.274. The summed E-state index contributed by atoms with van der Waals surface area (Å²) in [5.74, 6) is 0.670. The maximum absolute atomic E-state index is 5.52. The van der Waals surface area contributed by atoms with Gasteiger partial charge in [-0.3, -0.25) is 0 Å². The van der Waals surface area contributed by atoms with Crippen molar-refractivity contribution >= 4 is 0 Å². The van der Waals surface area contributed by atoms with Gasteiger partial charge in [0.25, 0.3) is 0 Å². The monoisotopic (exact) mass is 254 g/mol. The molecular formula is C16H30O2. The minimum absolute atomic E-state index is 0.274. The highest BCUT2D eigenvalue weighted by atomic mass is 16.5. The molecule has 106 valence electrons. The van der Waals surface area contributed by atoms with Crippen molar-refractivity contribution in [2.45, 2.75) is 53.6 Å². The molecule has 0 N–H and O–H groups in total. The molecule has 0 bridgehead atoms. The van der Waals surface area contributed by atoms with Gasteiger partial charge in [-0.2, -0.15) is 0 Å². The van der Waals surface area contributed by atoms with Crippen molar-refractivity contribution in [1.82, 2.24) is 0 Å². The van der Waals surface area contributed by atoms with Gasteiger partial charge in [-0.1, -0.05) is 39.5 Å². The van der Waals surface area contributed by atoms with Gasteiger partial charge in [-0.05, 0) is 38.8 Å². The maximum Gasteiger partial charge on any atom is 0.117 e. The van der Waals surface area contributed by atoms with Crippen LogP contribution in [0.15, 0.2) is 36.1 Å². The Morgan fingerprint density at radius 2 is 1.83 bits per heavy atom. The SMILES string of the molecule is C=C(/C=C(C)\C=C/CC)OCC(C)(C)OC.CC. The van der Waals surface area contributed by atoms with Crippen molar-refractivity contribution < 1.29 is 9.47 Å². The average Bonchev–Trinajstić information content (AvgIpc) is 2.36. The second kappa shape index (κ2) is 11.1. The molecule has 0 rings (SSSR count). The zero-order chi connectivity index (χ0) is 14.6. The Morgan fingerprint density at radius 3 is 2.28 bits per heavy atom. The summed E-state index contributed by atoms with van der Waals surface area (Å²) in [6.45, 7) is 16.5. The number of hydrogen-bond acceptors (Lipinski definition) is 2. The Labute approximate surface area is 113 Å². The van der Waals surface area contributed by atoms with Gasteiger partial charge in [0.05, 0.1) is 5.60 Å². The number of rotatable bonds is 7. The first-order chi connectivity index (χ1) is 8.41. The second-order valence-corrected chi connectivity index (χ2v) is 4.42. The summed E-state index contributed by atoms with van der Waals surface area (Å²) in [6.07, 6.45) is 7.14. The number of methoxy groups -OCH3 is 1. The minimum Gasteiger partial charge on any atom is -0.491 e. The molecule has 0 spiro atoms. The van der Waals surface area contributed by atoms with E-state index in [2.05, 4.69) is 25.7 Å². The van der Waals surface area contributed by atoms with Crippen LogP contribution >= 0.6 is 0 Å². The van der Waals surface area contributed by atoms with Gasteiger partial charge < -0.3 is 9.47 Å². The summed E-state index contributed by atoms with van der Waals surface area (Å²) in [5, 5.41) is 0. The predicted octanol–water partition coefficient (Wildman–Crippen LogP) is 4.88. The van der Waals surface area contributed by atoms with Gasteiger partial charge in [0, 0.05) is 7.11 Å². The quantitative estimate of drug-likeness (QED) is 0.476. The first kappa shape index (κ1) is 19.3. The van der Waals surface area contributed by atoms with Crippen molar-refractivity contribution in [3.05, 3.63) is 36.1 Å². The van der Waals surface area contributed by atoms with Gasteiger partial charge in [0.1, 0.15) is 12.4 Å². The van der Waals surface area contributed by atoms with E-state index < -0.39 is 0 Å². The number of ether oxygens (including phenoxy) is 2. The molecular weight excluding hydrogens is 224 g/mol. The van der Waals surface area contributed by atoms with E-state index in [1.54, 1.807) is 7.11 Å². The maximum atomic E-state index is 5.52. The Kier molecular flexibility index (Phi) is 11.9. The largest absolute Gasteiger partial charge is 0.491 e. The van der Waals surface area contributed by atoms with Crippen LogP contribution in [0.1, 0.15) is 48.0 Å². The van der Waals surface area contributed by atoms with Crippen LogP contribution in [0.4, 0.5) is 0 Å². The molecule has 0 aliphatic carbocycles. The van der Waals surface area contributed by atoms with Crippen LogP contribution < -0.4 is 0 Å². The van der Waals surface area contributed by atoms with Crippen molar-refractivity contribution in [2.24, 2.45) is 0 Å². The van der Waals surface area contributed by atoms with E-state index in [4.69, 9.17) is 9.47 Å². The van der Waals surface area contributed by atoms with E-state index in [1.165, 1.54) is 0 Å². The van der Waals surface area contributed by atoms with E-state index in [0.717, 1.165) is 12.0 Å². The van der Waals surface area contributed by atoms with Crippen LogP contribution in [0.25, 0.3) is 0 Å². The summed E-state index contributed by atoms with van der Waals surface area (Å²) < 4.78 is 10.8. The lowest BCUT2D eigenvalue weighted by Crippen LogP contribution is -2.28. The molecule has 2 nitrogen and oxygen atoms in total. The lowest BCUT2D eigenvalue weighted by molar-refractivity contribution is -0.0311. The van der Waals surface area contributed by atoms with Crippen LogP contribution in [-0.2, 0) is 9.47 Å². The van der Waals surface area contributed by atoms with Crippen molar-refractivity contribution in [1.29, 1.82) is 0 Å². The van der Waals surface area contributed by atoms with Crippen molar-refractivity contribution in [2.75, 3.05) is 13.7 Å². The smallest absolute Gasteiger partial charge is 0.117 e. The fourth-order valence-electron chi connectivity index (χ4n) is 0.973. The first-order valence-electron chi connectivity index (χ1n) is 6.63. The molecule has 0 aromatic carbocycles. The fraction of sp³-hybridized carbons (Fsp3) is 0.625. The molecule has 18 heavy (non-hydrogen) atoms. The molecule has 0 aromatic heterocycles. The van der Waals surface area contributed by atoms with Gasteiger partial charge in [0.2, 0.25) is 0 Å². The zero-order valence-corrected chi connectivity index (χ0v) is 13.2. The Balaban J connectivity index is 0. The van der Waals surface area contributed by atoms with Crippen molar-refractivity contribution in [3.8, 4) is 0 Å². The van der Waals surface area contributed by atoms with E-state index in [9.17, 15) is 0 Å². The summed E-state index contributed by atoms with van der Waals surface area (Å²) in [5.41, 5.74) is 0.867. The van der Waals surface area contributed by atoms with Crippen LogP contribution in [0.2, 0.25) is 0 Å². The molecule has 0 atom stereocenters. The number of allylic oxidation sites excluding steroid dienone is 4. The highest BCUT2D eigenvalue weighted by molar-refractivity contribution is 5.23. The van der Waals surface area contributed by atoms with E-state index in [-0.39, 0.29) is 5.60 Å². The Hall–Kier alpha value is -1.02. The lowest BCUT2D eigenvalue weighted by atomic mass is 10.1. The molecule has 0 aliphatic rings. The Morgan fingerprint density at radius 1 is 1.28 bits per heavy atom. The molecule has 0 amide bonds. The second-order valence-electron chi connectivity index (χ2n) is 4.42. The van der Waals surface area contributed by atoms with E-state index in [0.29, 0.717) is 12.4 Å². The molecule has 0 aromatic rings. The summed E-state index contributed by atoms with van der Waals surface area (Å²) in [6, 6.07) is 0. The molecule has 0 unspecified atom stereocenters. The number of hydrogen-bond donors (Lipinski definition) is 0. The van der Waals surface area contributed by atoms with Gasteiger partial charge in [-0.15, -0.1) is 0 Å². The van der Waals surface area contributed by atoms with Gasteiger partial charge in [0.15, 0.2) is 0 Å².